The Kier molecular flexibility index (Phi) is 9.59. The van der Waals surface area contributed by atoms with Crippen LogP contribution in [0.4, 0.5) is 5.69 Å². The topological polar surface area (TPSA) is 162 Å². The molecule has 2 aromatic carbocycles. The lowest BCUT2D eigenvalue weighted by Gasteiger charge is -2.19. The van der Waals surface area contributed by atoms with Crippen molar-refractivity contribution < 1.29 is 32.7 Å². The molecule has 1 aliphatic rings. The number of imide groups is 1. The Hall–Kier alpha value is -3.77. The lowest BCUT2D eigenvalue weighted by molar-refractivity contribution is -0.139. The zero-order valence-corrected chi connectivity index (χ0v) is 22.1. The zero-order valence-electron chi connectivity index (χ0n) is 21.3. The number of carbonyl (C=O) groups excluding carboxylic acids is 3. The number of fused-ring (bicyclic) bond motifs is 1. The van der Waals surface area contributed by atoms with E-state index in [0.717, 1.165) is 16.7 Å². The van der Waals surface area contributed by atoms with Gasteiger partial charge in [0.05, 0.1) is 17.4 Å². The third-order valence-electron chi connectivity index (χ3n) is 6.11. The van der Waals surface area contributed by atoms with Gasteiger partial charge in [0.15, 0.2) is 0 Å². The molecule has 38 heavy (non-hydrogen) atoms. The Morgan fingerprint density at radius 3 is 2.34 bits per heavy atom. The summed E-state index contributed by atoms with van der Waals surface area (Å²) >= 11 is 0. The van der Waals surface area contributed by atoms with E-state index in [4.69, 9.17) is 0 Å². The fraction of sp³-hybridized carbons (Fsp3) is 0.385. The van der Waals surface area contributed by atoms with Crippen molar-refractivity contribution in [2.75, 3.05) is 24.1 Å². The first-order chi connectivity index (χ1) is 17.9. The molecule has 11 nitrogen and oxygen atoms in total. The molecule has 204 valence electrons. The van der Waals surface area contributed by atoms with Crippen molar-refractivity contribution >= 4 is 39.4 Å². The smallest absolute Gasteiger partial charge is 0.320 e. The number of nitrogens with one attached hydrogen (secondary N) is 3. The number of anilines is 1. The van der Waals surface area contributed by atoms with E-state index in [0.29, 0.717) is 25.9 Å². The molecule has 3 amide bonds. The second-order valence-corrected chi connectivity index (χ2v) is 11.1. The number of sulfonamides is 1. The number of nitrogens with zero attached hydrogens (tertiary/aromatic N) is 1. The van der Waals surface area contributed by atoms with Crippen molar-refractivity contribution in [3.05, 3.63) is 65.2 Å². The average molecular weight is 545 g/mol. The monoisotopic (exact) mass is 544 g/mol. The number of carboxylic acids is 1. The molecule has 0 aliphatic carbocycles. The SMILES string of the molecule is C[C@@H](CCN[C@H](CCN1C(=O)c2ccc(NS(C)(=O)=O)cc2C1=O)C(=O)O)CC(=O)NCc1ccccc1. The molecule has 12 heteroatoms. The van der Waals surface area contributed by atoms with Gasteiger partial charge in [-0.2, -0.15) is 0 Å². The molecule has 1 aliphatic heterocycles. The number of hydrogen-bond donors (Lipinski definition) is 4. The fourth-order valence-electron chi connectivity index (χ4n) is 4.13. The molecule has 0 spiro atoms. The van der Waals surface area contributed by atoms with E-state index in [1.165, 1.54) is 18.2 Å². The summed E-state index contributed by atoms with van der Waals surface area (Å²) in [5.74, 6) is -2.36. The highest BCUT2D eigenvalue weighted by Gasteiger charge is 2.36. The Labute approximate surface area is 221 Å². The molecular formula is C26H32N4O7S. The maximum Gasteiger partial charge on any atom is 0.320 e. The van der Waals surface area contributed by atoms with Crippen LogP contribution in [0.1, 0.15) is 52.5 Å². The van der Waals surface area contributed by atoms with Gasteiger partial charge in [-0.25, -0.2) is 8.42 Å². The minimum Gasteiger partial charge on any atom is -0.480 e. The van der Waals surface area contributed by atoms with E-state index in [2.05, 4.69) is 15.4 Å². The molecule has 2 aromatic rings. The Morgan fingerprint density at radius 2 is 1.68 bits per heavy atom. The first kappa shape index (κ1) is 28.8. The Morgan fingerprint density at radius 1 is 1.00 bits per heavy atom. The van der Waals surface area contributed by atoms with Crippen LogP contribution in [-0.2, 0) is 26.2 Å². The quantitative estimate of drug-likeness (QED) is 0.262. The van der Waals surface area contributed by atoms with Gasteiger partial charge >= 0.3 is 5.97 Å². The van der Waals surface area contributed by atoms with Crippen molar-refractivity contribution in [2.24, 2.45) is 5.92 Å². The first-order valence-corrected chi connectivity index (χ1v) is 14.1. The van der Waals surface area contributed by atoms with Crippen LogP contribution in [0.2, 0.25) is 0 Å². The summed E-state index contributed by atoms with van der Waals surface area (Å²) in [7, 11) is -3.56. The van der Waals surface area contributed by atoms with E-state index < -0.39 is 33.8 Å². The average Bonchev–Trinajstić information content (AvgIpc) is 3.08. The van der Waals surface area contributed by atoms with Gasteiger partial charge in [0.2, 0.25) is 15.9 Å². The predicted octanol–water partition coefficient (Wildman–Crippen LogP) is 1.82. The fourth-order valence-corrected chi connectivity index (χ4v) is 4.69. The van der Waals surface area contributed by atoms with Crippen molar-refractivity contribution in [3.8, 4) is 0 Å². The van der Waals surface area contributed by atoms with Crippen LogP contribution >= 0.6 is 0 Å². The normalized spacial score (nSPS) is 14.6. The molecule has 0 saturated heterocycles. The maximum atomic E-state index is 12.8. The molecular weight excluding hydrogens is 512 g/mol. The van der Waals surface area contributed by atoms with Gasteiger partial charge in [-0.3, -0.25) is 28.8 Å². The molecule has 3 rings (SSSR count). The molecule has 0 bridgehead atoms. The largest absolute Gasteiger partial charge is 0.480 e. The van der Waals surface area contributed by atoms with Crippen molar-refractivity contribution in [1.82, 2.24) is 15.5 Å². The third-order valence-corrected chi connectivity index (χ3v) is 6.71. The molecule has 4 N–H and O–H groups in total. The van der Waals surface area contributed by atoms with E-state index in [1.807, 2.05) is 37.3 Å². The van der Waals surface area contributed by atoms with Gasteiger partial charge < -0.3 is 15.7 Å². The molecule has 0 saturated carbocycles. The summed E-state index contributed by atoms with van der Waals surface area (Å²) in [6.45, 7) is 2.57. The Balaban J connectivity index is 1.46. The maximum absolute atomic E-state index is 12.8. The van der Waals surface area contributed by atoms with Gasteiger partial charge in [-0.05, 0) is 49.1 Å². The van der Waals surface area contributed by atoms with Crippen LogP contribution in [-0.4, -0.2) is 67.5 Å². The standard InChI is InChI=1S/C26H32N4O7S/c1-17(14-23(31)28-16-18-6-4-3-5-7-18)10-12-27-22(26(34)35)11-13-30-24(32)20-9-8-19(29-38(2,36)37)15-21(20)25(30)33/h3-9,15,17,22,27,29H,10-14,16H2,1-2H3,(H,28,31)(H,34,35)/t17-,22+/m0/s1. The minimum atomic E-state index is -3.56. The summed E-state index contributed by atoms with van der Waals surface area (Å²) in [6, 6.07) is 12.6. The molecule has 1 heterocycles. The van der Waals surface area contributed by atoms with E-state index >= 15 is 0 Å². The summed E-state index contributed by atoms with van der Waals surface area (Å²) in [5, 5.41) is 15.4. The number of hydrogen-bond acceptors (Lipinski definition) is 7. The second kappa shape index (κ2) is 12.7. The third kappa shape index (κ3) is 8.12. The lowest BCUT2D eigenvalue weighted by atomic mass is 10.0. The minimum absolute atomic E-state index is 0.0127. The highest BCUT2D eigenvalue weighted by Crippen LogP contribution is 2.26. The summed E-state index contributed by atoms with van der Waals surface area (Å²) in [6.07, 6.45) is 1.82. The van der Waals surface area contributed by atoms with E-state index in [9.17, 15) is 32.7 Å². The van der Waals surface area contributed by atoms with Gasteiger partial charge in [-0.15, -0.1) is 0 Å². The number of amides is 3. The van der Waals surface area contributed by atoms with Crippen molar-refractivity contribution in [2.45, 2.75) is 38.8 Å². The summed E-state index contributed by atoms with van der Waals surface area (Å²) in [4.78, 5) is 50.4. The molecule has 0 radical (unpaired) electrons. The van der Waals surface area contributed by atoms with Crippen LogP contribution < -0.4 is 15.4 Å². The van der Waals surface area contributed by atoms with E-state index in [-0.39, 0.29) is 41.6 Å². The van der Waals surface area contributed by atoms with Crippen LogP contribution in [0.5, 0.6) is 0 Å². The highest BCUT2D eigenvalue weighted by molar-refractivity contribution is 7.92. The summed E-state index contributed by atoms with van der Waals surface area (Å²) in [5.41, 5.74) is 1.35. The molecule has 2 atom stereocenters. The summed E-state index contributed by atoms with van der Waals surface area (Å²) < 4.78 is 25.2. The van der Waals surface area contributed by atoms with Gasteiger partial charge in [0, 0.05) is 25.2 Å². The number of carboxylic acid groups (broad SMARTS) is 1. The van der Waals surface area contributed by atoms with Gasteiger partial charge in [0.1, 0.15) is 6.04 Å². The lowest BCUT2D eigenvalue weighted by Crippen LogP contribution is -2.42. The van der Waals surface area contributed by atoms with Gasteiger partial charge in [-0.1, -0.05) is 37.3 Å². The Bertz CT molecular complexity index is 1300. The van der Waals surface area contributed by atoms with Crippen molar-refractivity contribution in [1.29, 1.82) is 0 Å². The predicted molar refractivity (Wildman–Crippen MR) is 141 cm³/mol. The molecule has 0 unspecified atom stereocenters. The zero-order chi connectivity index (χ0) is 27.9. The molecule has 0 aromatic heterocycles. The number of rotatable bonds is 14. The van der Waals surface area contributed by atoms with Crippen LogP contribution in [0, 0.1) is 5.92 Å². The second-order valence-electron chi connectivity index (χ2n) is 9.39. The van der Waals surface area contributed by atoms with E-state index in [1.54, 1.807) is 0 Å². The first-order valence-electron chi connectivity index (χ1n) is 12.2. The van der Waals surface area contributed by atoms with Crippen LogP contribution in [0.3, 0.4) is 0 Å². The van der Waals surface area contributed by atoms with Gasteiger partial charge in [0.25, 0.3) is 11.8 Å². The van der Waals surface area contributed by atoms with Crippen LogP contribution in [0.15, 0.2) is 48.5 Å². The van der Waals surface area contributed by atoms with Crippen LogP contribution in [0.25, 0.3) is 0 Å². The highest BCUT2D eigenvalue weighted by atomic mass is 32.2. The number of carbonyl (C=O) groups is 4. The molecule has 0 fully saturated rings. The number of aliphatic carboxylic acids is 1. The number of benzene rings is 2. The van der Waals surface area contributed by atoms with Crippen molar-refractivity contribution in [3.63, 3.8) is 0 Å².